The summed E-state index contributed by atoms with van der Waals surface area (Å²) in [6.07, 6.45) is 2.41. The van der Waals surface area contributed by atoms with Gasteiger partial charge in [0.15, 0.2) is 11.5 Å². The zero-order valence-electron chi connectivity index (χ0n) is 11.3. The number of primary amides is 1. The number of hydrogen-bond donors (Lipinski definition) is 2. The number of hydrogen-bond acceptors (Lipinski definition) is 5. The molecule has 104 valence electrons. The smallest absolute Gasteiger partial charge is 0.269 e. The van der Waals surface area contributed by atoms with E-state index >= 15 is 0 Å². The molecule has 19 heavy (non-hydrogen) atoms. The van der Waals surface area contributed by atoms with Gasteiger partial charge >= 0.3 is 0 Å². The minimum atomic E-state index is -0.539. The van der Waals surface area contributed by atoms with E-state index in [1.807, 2.05) is 6.07 Å². The Morgan fingerprint density at radius 2 is 2.37 bits per heavy atom. The van der Waals surface area contributed by atoms with Crippen LogP contribution in [0.4, 0.5) is 5.82 Å². The van der Waals surface area contributed by atoms with Gasteiger partial charge in [-0.05, 0) is 44.0 Å². The molecule has 0 saturated carbocycles. The van der Waals surface area contributed by atoms with Gasteiger partial charge in [-0.15, -0.1) is 10.2 Å². The van der Waals surface area contributed by atoms with E-state index in [0.717, 1.165) is 38.4 Å². The van der Waals surface area contributed by atoms with Gasteiger partial charge in [-0.25, -0.2) is 0 Å². The SMILES string of the molecule is CCNCC1CCCN(c2ccc(C(N)=O)nn2)C1. The molecule has 1 fully saturated rings. The topological polar surface area (TPSA) is 84.1 Å². The Balaban J connectivity index is 1.98. The van der Waals surface area contributed by atoms with Crippen molar-refractivity contribution in [3.63, 3.8) is 0 Å². The van der Waals surface area contributed by atoms with Crippen molar-refractivity contribution in [3.05, 3.63) is 17.8 Å². The Hall–Kier alpha value is -1.69. The molecule has 1 aliphatic rings. The lowest BCUT2D eigenvalue weighted by atomic mass is 9.98. The van der Waals surface area contributed by atoms with Gasteiger partial charge in [-0.3, -0.25) is 4.79 Å². The van der Waals surface area contributed by atoms with Gasteiger partial charge in [0.05, 0.1) is 0 Å². The number of nitrogens with zero attached hydrogens (tertiary/aromatic N) is 3. The summed E-state index contributed by atoms with van der Waals surface area (Å²) in [4.78, 5) is 13.2. The quantitative estimate of drug-likeness (QED) is 0.803. The largest absolute Gasteiger partial charge is 0.364 e. The van der Waals surface area contributed by atoms with Gasteiger partial charge in [0.1, 0.15) is 0 Å². The predicted octanol–water partition coefficient (Wildman–Crippen LogP) is 0.401. The first-order valence-electron chi connectivity index (χ1n) is 6.80. The van der Waals surface area contributed by atoms with Gasteiger partial charge in [0, 0.05) is 13.1 Å². The number of carbonyl (C=O) groups excluding carboxylic acids is 1. The van der Waals surface area contributed by atoms with E-state index in [2.05, 4.69) is 27.3 Å². The summed E-state index contributed by atoms with van der Waals surface area (Å²) >= 11 is 0. The van der Waals surface area contributed by atoms with Crippen LogP contribution < -0.4 is 16.0 Å². The highest BCUT2D eigenvalue weighted by atomic mass is 16.1. The number of rotatable bonds is 5. The molecule has 6 heteroatoms. The summed E-state index contributed by atoms with van der Waals surface area (Å²) in [5.41, 5.74) is 5.37. The third-order valence-corrected chi connectivity index (χ3v) is 3.43. The highest BCUT2D eigenvalue weighted by Crippen LogP contribution is 2.20. The van der Waals surface area contributed by atoms with E-state index in [0.29, 0.717) is 5.92 Å². The third-order valence-electron chi connectivity index (χ3n) is 3.43. The minimum absolute atomic E-state index is 0.213. The minimum Gasteiger partial charge on any atom is -0.364 e. The molecule has 0 radical (unpaired) electrons. The molecule has 2 heterocycles. The van der Waals surface area contributed by atoms with Crippen LogP contribution in [0.3, 0.4) is 0 Å². The van der Waals surface area contributed by atoms with Gasteiger partial charge in [-0.1, -0.05) is 6.92 Å². The van der Waals surface area contributed by atoms with Gasteiger partial charge in [0.25, 0.3) is 5.91 Å². The summed E-state index contributed by atoms with van der Waals surface area (Å²) in [7, 11) is 0. The Kier molecular flexibility index (Phi) is 4.68. The molecule has 1 saturated heterocycles. The van der Waals surface area contributed by atoms with Crippen molar-refractivity contribution in [2.24, 2.45) is 11.7 Å². The van der Waals surface area contributed by atoms with Crippen molar-refractivity contribution in [1.29, 1.82) is 0 Å². The van der Waals surface area contributed by atoms with Crippen LogP contribution >= 0.6 is 0 Å². The molecule has 1 aromatic rings. The van der Waals surface area contributed by atoms with Crippen LogP contribution in [0.5, 0.6) is 0 Å². The fraction of sp³-hybridized carbons (Fsp3) is 0.615. The fourth-order valence-corrected chi connectivity index (χ4v) is 2.41. The normalized spacial score (nSPS) is 19.4. The number of anilines is 1. The van der Waals surface area contributed by atoms with E-state index in [1.54, 1.807) is 6.07 Å². The molecular weight excluding hydrogens is 242 g/mol. The second-order valence-corrected chi connectivity index (χ2v) is 4.90. The molecule has 2 rings (SSSR count). The number of amides is 1. The monoisotopic (exact) mass is 263 g/mol. The van der Waals surface area contributed by atoms with Crippen LogP contribution in [-0.4, -0.2) is 42.3 Å². The Morgan fingerprint density at radius 1 is 1.53 bits per heavy atom. The first-order valence-corrected chi connectivity index (χ1v) is 6.80. The molecule has 1 unspecified atom stereocenters. The van der Waals surface area contributed by atoms with Crippen molar-refractivity contribution < 1.29 is 4.79 Å². The standard InChI is InChI=1S/C13H21N5O/c1-2-15-8-10-4-3-7-18(9-10)12-6-5-11(13(14)19)16-17-12/h5-6,10,15H,2-4,7-9H2,1H3,(H2,14,19). The van der Waals surface area contributed by atoms with Crippen LogP contribution in [0.1, 0.15) is 30.3 Å². The maximum absolute atomic E-state index is 11.0. The van der Waals surface area contributed by atoms with E-state index in [9.17, 15) is 4.79 Å². The molecule has 1 atom stereocenters. The zero-order valence-corrected chi connectivity index (χ0v) is 11.3. The van der Waals surface area contributed by atoms with Crippen LogP contribution in [0, 0.1) is 5.92 Å². The molecule has 1 aromatic heterocycles. The first kappa shape index (κ1) is 13.7. The van der Waals surface area contributed by atoms with Crippen molar-refractivity contribution in [2.75, 3.05) is 31.1 Å². The molecule has 0 aromatic carbocycles. The van der Waals surface area contributed by atoms with Crippen molar-refractivity contribution in [3.8, 4) is 0 Å². The first-order chi connectivity index (χ1) is 9.20. The molecule has 1 aliphatic heterocycles. The highest BCUT2D eigenvalue weighted by Gasteiger charge is 2.20. The van der Waals surface area contributed by atoms with Crippen LogP contribution in [0.15, 0.2) is 12.1 Å². The van der Waals surface area contributed by atoms with Crippen LogP contribution in [-0.2, 0) is 0 Å². The Bertz CT molecular complexity index is 420. The number of nitrogens with two attached hydrogens (primary N) is 1. The van der Waals surface area contributed by atoms with Crippen LogP contribution in [0.2, 0.25) is 0 Å². The second-order valence-electron chi connectivity index (χ2n) is 4.90. The highest BCUT2D eigenvalue weighted by molar-refractivity contribution is 5.90. The van der Waals surface area contributed by atoms with Crippen molar-refractivity contribution >= 4 is 11.7 Å². The Morgan fingerprint density at radius 3 is 3.00 bits per heavy atom. The lowest BCUT2D eigenvalue weighted by Crippen LogP contribution is -2.40. The number of piperidine rings is 1. The van der Waals surface area contributed by atoms with E-state index < -0.39 is 5.91 Å². The fourth-order valence-electron chi connectivity index (χ4n) is 2.41. The zero-order chi connectivity index (χ0) is 13.7. The molecule has 0 aliphatic carbocycles. The molecule has 0 bridgehead atoms. The predicted molar refractivity (Wildman–Crippen MR) is 74.0 cm³/mol. The average molecular weight is 263 g/mol. The molecule has 1 amide bonds. The molecule has 3 N–H and O–H groups in total. The number of nitrogens with one attached hydrogen (secondary N) is 1. The summed E-state index contributed by atoms with van der Waals surface area (Å²) in [5.74, 6) is 0.931. The number of carbonyl (C=O) groups is 1. The molecule has 6 nitrogen and oxygen atoms in total. The summed E-state index contributed by atoms with van der Waals surface area (Å²) < 4.78 is 0. The lowest BCUT2D eigenvalue weighted by Gasteiger charge is -2.33. The van der Waals surface area contributed by atoms with E-state index in [1.165, 1.54) is 6.42 Å². The third kappa shape index (κ3) is 3.64. The summed E-state index contributed by atoms with van der Waals surface area (Å²) in [6, 6.07) is 3.46. The van der Waals surface area contributed by atoms with E-state index in [-0.39, 0.29) is 5.69 Å². The molecule has 0 spiro atoms. The summed E-state index contributed by atoms with van der Waals surface area (Å²) in [5, 5.41) is 11.3. The number of aromatic nitrogens is 2. The maximum atomic E-state index is 11.0. The summed E-state index contributed by atoms with van der Waals surface area (Å²) in [6.45, 7) is 6.14. The maximum Gasteiger partial charge on any atom is 0.269 e. The van der Waals surface area contributed by atoms with Crippen molar-refractivity contribution in [1.82, 2.24) is 15.5 Å². The van der Waals surface area contributed by atoms with Crippen molar-refractivity contribution in [2.45, 2.75) is 19.8 Å². The Labute approximate surface area is 113 Å². The molecular formula is C13H21N5O. The van der Waals surface area contributed by atoms with Gasteiger partial charge in [-0.2, -0.15) is 0 Å². The van der Waals surface area contributed by atoms with Crippen LogP contribution in [0.25, 0.3) is 0 Å². The van der Waals surface area contributed by atoms with Gasteiger partial charge in [0.2, 0.25) is 0 Å². The lowest BCUT2D eigenvalue weighted by molar-refractivity contribution is 0.0994. The second kappa shape index (κ2) is 6.47. The van der Waals surface area contributed by atoms with Gasteiger partial charge < -0.3 is 16.0 Å². The van der Waals surface area contributed by atoms with E-state index in [4.69, 9.17) is 5.73 Å². The average Bonchev–Trinajstić information content (AvgIpc) is 2.45.